The Bertz CT molecular complexity index is 428. The van der Waals surface area contributed by atoms with Gasteiger partial charge in [0.25, 0.3) is 0 Å². The molecule has 1 aromatic rings. The summed E-state index contributed by atoms with van der Waals surface area (Å²) in [6.45, 7) is 2.22. The quantitative estimate of drug-likeness (QED) is 0.890. The Balaban J connectivity index is 1.99. The third-order valence-corrected chi connectivity index (χ3v) is 4.06. The Morgan fingerprint density at radius 3 is 2.63 bits per heavy atom. The first-order valence-electron chi connectivity index (χ1n) is 6.90. The van der Waals surface area contributed by atoms with Crippen LogP contribution in [0.1, 0.15) is 50.6 Å². The number of halogens is 1. The van der Waals surface area contributed by atoms with Crippen LogP contribution in [0.25, 0.3) is 0 Å². The number of aliphatic hydroxyl groups is 1. The van der Waals surface area contributed by atoms with Crippen LogP contribution in [0.3, 0.4) is 0 Å². The Morgan fingerprint density at radius 1 is 1.37 bits per heavy atom. The molecule has 1 fully saturated rings. The number of hydrogen-bond acceptors (Lipinski definition) is 3. The van der Waals surface area contributed by atoms with Crippen molar-refractivity contribution in [3.05, 3.63) is 28.8 Å². The molecule has 3 nitrogen and oxygen atoms in total. The lowest BCUT2D eigenvalue weighted by molar-refractivity contribution is -0.0338. The molecule has 0 heterocycles. The average molecular weight is 284 g/mol. The van der Waals surface area contributed by atoms with Gasteiger partial charge in [0.05, 0.1) is 10.6 Å². The van der Waals surface area contributed by atoms with Crippen molar-refractivity contribution >= 4 is 11.6 Å². The van der Waals surface area contributed by atoms with Crippen LogP contribution in [0.5, 0.6) is 5.75 Å². The largest absolute Gasteiger partial charge is 0.489 e. The van der Waals surface area contributed by atoms with E-state index in [-0.39, 0.29) is 6.04 Å². The molecular weight excluding hydrogens is 262 g/mol. The normalized spacial score (nSPS) is 20.0. The van der Waals surface area contributed by atoms with Crippen LogP contribution >= 0.6 is 11.6 Å². The molecule has 0 aliphatic heterocycles. The molecule has 4 heteroatoms. The summed E-state index contributed by atoms with van der Waals surface area (Å²) in [7, 11) is 0. The zero-order chi connectivity index (χ0) is 13.9. The molecular formula is C15H22ClNO2. The molecule has 106 valence electrons. The van der Waals surface area contributed by atoms with E-state index in [1.54, 1.807) is 0 Å². The van der Waals surface area contributed by atoms with Gasteiger partial charge in [-0.05, 0) is 37.5 Å². The average Bonchev–Trinajstić information content (AvgIpc) is 2.38. The van der Waals surface area contributed by atoms with Crippen LogP contribution < -0.4 is 10.5 Å². The first-order valence-corrected chi connectivity index (χ1v) is 7.28. The molecule has 0 bridgehead atoms. The zero-order valence-corrected chi connectivity index (χ0v) is 12.1. The van der Waals surface area contributed by atoms with Crippen molar-refractivity contribution in [3.8, 4) is 5.75 Å². The first-order chi connectivity index (χ1) is 9.00. The summed E-state index contributed by atoms with van der Waals surface area (Å²) >= 11 is 6.17. The lowest BCUT2D eigenvalue weighted by Crippen LogP contribution is -2.37. The van der Waals surface area contributed by atoms with E-state index in [2.05, 4.69) is 0 Å². The van der Waals surface area contributed by atoms with E-state index >= 15 is 0 Å². The molecule has 1 aliphatic rings. The Kier molecular flexibility index (Phi) is 4.71. The van der Waals surface area contributed by atoms with Crippen molar-refractivity contribution in [2.75, 3.05) is 6.61 Å². The lowest BCUT2D eigenvalue weighted by atomic mass is 9.85. The van der Waals surface area contributed by atoms with Gasteiger partial charge in [0, 0.05) is 6.04 Å². The van der Waals surface area contributed by atoms with Crippen molar-refractivity contribution < 1.29 is 9.84 Å². The highest BCUT2D eigenvalue weighted by atomic mass is 35.5. The molecule has 2 rings (SSSR count). The molecule has 0 amide bonds. The fourth-order valence-corrected chi connectivity index (χ4v) is 2.73. The zero-order valence-electron chi connectivity index (χ0n) is 11.4. The highest BCUT2D eigenvalue weighted by Gasteiger charge is 2.30. The minimum absolute atomic E-state index is 0.0471. The smallest absolute Gasteiger partial charge is 0.138 e. The maximum absolute atomic E-state index is 10.4. The van der Waals surface area contributed by atoms with E-state index in [0.29, 0.717) is 17.4 Å². The van der Waals surface area contributed by atoms with Crippen LogP contribution in [-0.4, -0.2) is 17.3 Å². The van der Waals surface area contributed by atoms with Gasteiger partial charge >= 0.3 is 0 Å². The van der Waals surface area contributed by atoms with Gasteiger partial charge in [0.2, 0.25) is 0 Å². The topological polar surface area (TPSA) is 55.5 Å². The maximum atomic E-state index is 10.4. The number of benzene rings is 1. The van der Waals surface area contributed by atoms with Gasteiger partial charge in [-0.3, -0.25) is 0 Å². The van der Waals surface area contributed by atoms with Crippen molar-refractivity contribution in [1.29, 1.82) is 0 Å². The first kappa shape index (κ1) is 14.6. The van der Waals surface area contributed by atoms with Crippen molar-refractivity contribution in [3.63, 3.8) is 0 Å². The molecule has 0 saturated heterocycles. The second-order valence-corrected chi connectivity index (χ2v) is 5.96. The van der Waals surface area contributed by atoms with Crippen molar-refractivity contribution in [2.24, 2.45) is 5.73 Å². The summed E-state index contributed by atoms with van der Waals surface area (Å²) in [5.74, 6) is 0.616. The van der Waals surface area contributed by atoms with E-state index < -0.39 is 5.60 Å². The third kappa shape index (κ3) is 3.85. The van der Waals surface area contributed by atoms with E-state index in [4.69, 9.17) is 22.1 Å². The number of ether oxygens (including phenoxy) is 1. The van der Waals surface area contributed by atoms with E-state index in [9.17, 15) is 5.11 Å². The summed E-state index contributed by atoms with van der Waals surface area (Å²) in [5.41, 5.74) is 6.09. The number of rotatable bonds is 4. The SMILES string of the molecule is C[C@H](N)c1ccc(OCC2(O)CCCCC2)c(Cl)c1. The Labute approximate surface area is 119 Å². The molecule has 1 saturated carbocycles. The maximum Gasteiger partial charge on any atom is 0.138 e. The summed E-state index contributed by atoms with van der Waals surface area (Å²) < 4.78 is 5.69. The summed E-state index contributed by atoms with van der Waals surface area (Å²) in [4.78, 5) is 0. The summed E-state index contributed by atoms with van der Waals surface area (Å²) in [6, 6.07) is 5.52. The van der Waals surface area contributed by atoms with E-state index in [1.807, 2.05) is 25.1 Å². The summed E-state index contributed by atoms with van der Waals surface area (Å²) in [6.07, 6.45) is 4.95. The van der Waals surface area contributed by atoms with Crippen molar-refractivity contribution in [2.45, 2.75) is 50.7 Å². The predicted octanol–water partition coefficient (Wildman–Crippen LogP) is 3.43. The van der Waals surface area contributed by atoms with Crippen LogP contribution in [0.2, 0.25) is 5.02 Å². The van der Waals surface area contributed by atoms with Gasteiger partial charge in [0.15, 0.2) is 0 Å². The van der Waals surface area contributed by atoms with Crippen LogP contribution in [0, 0.1) is 0 Å². The van der Waals surface area contributed by atoms with Crippen molar-refractivity contribution in [1.82, 2.24) is 0 Å². The molecule has 3 N–H and O–H groups in total. The second-order valence-electron chi connectivity index (χ2n) is 5.55. The minimum atomic E-state index is -0.693. The Hall–Kier alpha value is -0.770. The van der Waals surface area contributed by atoms with E-state index in [0.717, 1.165) is 31.2 Å². The van der Waals surface area contributed by atoms with Crippen LogP contribution in [-0.2, 0) is 0 Å². The third-order valence-electron chi connectivity index (χ3n) is 3.76. The molecule has 0 radical (unpaired) electrons. The lowest BCUT2D eigenvalue weighted by Gasteiger charge is -2.31. The van der Waals surface area contributed by atoms with Gasteiger partial charge in [-0.2, -0.15) is 0 Å². The molecule has 19 heavy (non-hydrogen) atoms. The molecule has 0 unspecified atom stereocenters. The van der Waals surface area contributed by atoms with Gasteiger partial charge in [-0.1, -0.05) is 36.9 Å². The van der Waals surface area contributed by atoms with E-state index in [1.165, 1.54) is 6.42 Å². The Morgan fingerprint density at radius 2 is 2.05 bits per heavy atom. The summed E-state index contributed by atoms with van der Waals surface area (Å²) in [5, 5.41) is 10.9. The highest BCUT2D eigenvalue weighted by molar-refractivity contribution is 6.32. The fraction of sp³-hybridized carbons (Fsp3) is 0.600. The molecule has 0 spiro atoms. The van der Waals surface area contributed by atoms with Crippen LogP contribution in [0.4, 0.5) is 0 Å². The fourth-order valence-electron chi connectivity index (χ4n) is 2.48. The number of nitrogens with two attached hydrogens (primary N) is 1. The molecule has 1 aliphatic carbocycles. The second kappa shape index (κ2) is 6.12. The molecule has 0 aromatic heterocycles. The monoisotopic (exact) mass is 283 g/mol. The van der Waals surface area contributed by atoms with Gasteiger partial charge in [0.1, 0.15) is 12.4 Å². The highest BCUT2D eigenvalue weighted by Crippen LogP contribution is 2.31. The number of hydrogen-bond donors (Lipinski definition) is 2. The molecule has 1 aromatic carbocycles. The van der Waals surface area contributed by atoms with Gasteiger partial charge < -0.3 is 15.6 Å². The standard InChI is InChI=1S/C15H22ClNO2/c1-11(17)12-5-6-14(13(16)9-12)19-10-15(18)7-3-2-4-8-15/h5-6,9,11,18H,2-4,7-8,10,17H2,1H3/t11-/m0/s1. The molecule has 1 atom stereocenters. The minimum Gasteiger partial charge on any atom is -0.489 e. The van der Waals surface area contributed by atoms with Gasteiger partial charge in [-0.15, -0.1) is 0 Å². The van der Waals surface area contributed by atoms with Crippen LogP contribution in [0.15, 0.2) is 18.2 Å². The van der Waals surface area contributed by atoms with Gasteiger partial charge in [-0.25, -0.2) is 0 Å². The predicted molar refractivity (Wildman–Crippen MR) is 77.6 cm³/mol.